The van der Waals surface area contributed by atoms with Gasteiger partial charge in [-0.05, 0) is 66.9 Å². The summed E-state index contributed by atoms with van der Waals surface area (Å²) in [5, 5.41) is 0.181. The maximum atomic E-state index is 14.5. The summed E-state index contributed by atoms with van der Waals surface area (Å²) in [4.78, 5) is 26.4. The summed E-state index contributed by atoms with van der Waals surface area (Å²) in [5.41, 5.74) is -3.00. The molecule has 10 nitrogen and oxygen atoms in total. The molecule has 280 valence electrons. The van der Waals surface area contributed by atoms with Crippen LogP contribution in [-0.2, 0) is 29.7 Å². The lowest BCUT2D eigenvalue weighted by Gasteiger charge is -2.48. The SMILES string of the molecule is CC(C)[C@H]1CCCN1c1ncc(C2(c3cnc(N4CCC[C@H]4C(C)C)c(Cl)c3)C=CC(C(=O)NS(C)(=O)=O)=CC2(OC(F)F)OC(F)F)cc1Cl. The van der Waals surface area contributed by atoms with Crippen molar-refractivity contribution < 1.29 is 40.2 Å². The third kappa shape index (κ3) is 7.87. The summed E-state index contributed by atoms with van der Waals surface area (Å²) in [6, 6.07) is 3.02. The van der Waals surface area contributed by atoms with E-state index in [0.717, 1.165) is 37.8 Å². The number of halogens is 6. The molecule has 0 saturated carbocycles. The molecule has 1 aliphatic carbocycles. The van der Waals surface area contributed by atoms with Crippen LogP contribution >= 0.6 is 23.2 Å². The largest absolute Gasteiger partial charge is 0.352 e. The molecular weight excluding hydrogens is 737 g/mol. The number of aromatic nitrogens is 2. The van der Waals surface area contributed by atoms with E-state index in [-0.39, 0.29) is 45.1 Å². The van der Waals surface area contributed by atoms with Gasteiger partial charge in [-0.25, -0.2) is 23.1 Å². The Morgan fingerprint density at radius 1 is 0.882 bits per heavy atom. The first kappa shape index (κ1) is 39.2. The molecule has 0 radical (unpaired) electrons. The van der Waals surface area contributed by atoms with Gasteiger partial charge in [-0.15, -0.1) is 0 Å². The molecule has 0 spiro atoms. The predicted molar refractivity (Wildman–Crippen MR) is 187 cm³/mol. The van der Waals surface area contributed by atoms with E-state index < -0.39 is 45.9 Å². The number of hydrogen-bond acceptors (Lipinski definition) is 9. The maximum absolute atomic E-state index is 14.5. The summed E-state index contributed by atoms with van der Waals surface area (Å²) in [7, 11) is -4.16. The van der Waals surface area contributed by atoms with E-state index in [9.17, 15) is 30.8 Å². The molecule has 51 heavy (non-hydrogen) atoms. The molecule has 2 fully saturated rings. The first-order chi connectivity index (χ1) is 23.9. The summed E-state index contributed by atoms with van der Waals surface area (Å²) >= 11 is 13.8. The van der Waals surface area contributed by atoms with Gasteiger partial charge in [0.2, 0.25) is 15.8 Å². The fourth-order valence-electron chi connectivity index (χ4n) is 7.59. The number of carbonyl (C=O) groups is 1. The highest BCUT2D eigenvalue weighted by molar-refractivity contribution is 7.89. The Labute approximate surface area is 305 Å². The number of nitrogens with zero attached hydrogens (tertiary/aromatic N) is 4. The molecule has 4 heterocycles. The van der Waals surface area contributed by atoms with Gasteiger partial charge < -0.3 is 9.80 Å². The van der Waals surface area contributed by atoms with Crippen LogP contribution in [0.2, 0.25) is 10.0 Å². The Hall–Kier alpha value is -2.98. The van der Waals surface area contributed by atoms with Crippen molar-refractivity contribution in [2.24, 2.45) is 11.8 Å². The number of rotatable bonds is 12. The van der Waals surface area contributed by atoms with Crippen LogP contribution in [0, 0.1) is 11.8 Å². The van der Waals surface area contributed by atoms with E-state index in [0.29, 0.717) is 37.1 Å². The average Bonchev–Trinajstić information content (AvgIpc) is 3.70. The molecule has 17 heteroatoms. The van der Waals surface area contributed by atoms with E-state index in [1.807, 2.05) is 9.80 Å². The molecule has 1 amide bonds. The second-order valence-electron chi connectivity index (χ2n) is 13.7. The van der Waals surface area contributed by atoms with Crippen molar-refractivity contribution in [3.05, 3.63) is 69.5 Å². The number of nitrogens with one attached hydrogen (secondary N) is 1. The number of hydrogen-bond donors (Lipinski definition) is 1. The fraction of sp³-hybridized carbons (Fsp3) is 0.559. The summed E-state index contributed by atoms with van der Waals surface area (Å²) in [6.07, 6.45) is 9.68. The number of alkyl halides is 4. The minimum Gasteiger partial charge on any atom is -0.352 e. The highest BCUT2D eigenvalue weighted by Crippen LogP contribution is 2.53. The molecular formula is C34H41Cl2F4N5O5S. The Bertz CT molecular complexity index is 1710. The Kier molecular flexibility index (Phi) is 11.7. The molecule has 2 aromatic rings. The van der Waals surface area contributed by atoms with Gasteiger partial charge in [-0.1, -0.05) is 63.0 Å². The van der Waals surface area contributed by atoms with E-state index in [1.54, 1.807) is 4.72 Å². The van der Waals surface area contributed by atoms with Gasteiger partial charge in [0, 0.05) is 43.1 Å². The van der Waals surface area contributed by atoms with Crippen LogP contribution in [-0.4, -0.2) is 74.7 Å². The predicted octanol–water partition coefficient (Wildman–Crippen LogP) is 7.07. The van der Waals surface area contributed by atoms with Gasteiger partial charge in [-0.3, -0.25) is 14.3 Å². The highest BCUT2D eigenvalue weighted by atomic mass is 35.5. The quantitative estimate of drug-likeness (QED) is 0.179. The monoisotopic (exact) mass is 777 g/mol. The van der Waals surface area contributed by atoms with Gasteiger partial charge >= 0.3 is 13.2 Å². The van der Waals surface area contributed by atoms with Crippen LogP contribution in [0.3, 0.4) is 0 Å². The van der Waals surface area contributed by atoms with E-state index in [4.69, 9.17) is 32.7 Å². The number of pyridine rings is 2. The van der Waals surface area contributed by atoms with Gasteiger partial charge in [0.15, 0.2) is 0 Å². The average molecular weight is 779 g/mol. The lowest BCUT2D eigenvalue weighted by atomic mass is 9.66. The molecule has 3 aliphatic rings. The number of ether oxygens (including phenoxy) is 2. The molecule has 2 aromatic heterocycles. The number of carbonyl (C=O) groups excluding carboxylic acids is 1. The van der Waals surface area contributed by atoms with Crippen LogP contribution < -0.4 is 14.5 Å². The lowest BCUT2D eigenvalue weighted by molar-refractivity contribution is -0.352. The van der Waals surface area contributed by atoms with Crippen molar-refractivity contribution in [2.75, 3.05) is 29.1 Å². The summed E-state index contributed by atoms with van der Waals surface area (Å²) in [5.74, 6) is -3.19. The molecule has 2 saturated heterocycles. The van der Waals surface area contributed by atoms with Crippen molar-refractivity contribution in [3.63, 3.8) is 0 Å². The zero-order chi connectivity index (χ0) is 37.5. The van der Waals surface area contributed by atoms with Crippen molar-refractivity contribution in [1.82, 2.24) is 14.7 Å². The van der Waals surface area contributed by atoms with Crippen LogP contribution in [0.25, 0.3) is 0 Å². The van der Waals surface area contributed by atoms with Crippen LogP contribution in [0.4, 0.5) is 29.2 Å². The topological polar surface area (TPSA) is 114 Å². The normalized spacial score (nSPS) is 23.6. The Morgan fingerprint density at radius 2 is 1.33 bits per heavy atom. The minimum absolute atomic E-state index is 0.0419. The molecule has 2 aliphatic heterocycles. The molecule has 0 bridgehead atoms. The van der Waals surface area contributed by atoms with Crippen molar-refractivity contribution in [1.29, 1.82) is 0 Å². The fourth-order valence-corrected chi connectivity index (χ4v) is 8.59. The Balaban J connectivity index is 1.78. The van der Waals surface area contributed by atoms with E-state index in [1.165, 1.54) is 24.5 Å². The van der Waals surface area contributed by atoms with Gasteiger partial charge in [-0.2, -0.15) is 17.6 Å². The highest BCUT2D eigenvalue weighted by Gasteiger charge is 2.59. The van der Waals surface area contributed by atoms with Crippen LogP contribution in [0.5, 0.6) is 0 Å². The first-order valence-corrected chi connectivity index (χ1v) is 19.2. The first-order valence-electron chi connectivity index (χ1n) is 16.6. The lowest BCUT2D eigenvalue weighted by Crippen LogP contribution is -2.57. The number of anilines is 2. The van der Waals surface area contributed by atoms with Crippen molar-refractivity contribution in [2.45, 2.75) is 89.9 Å². The number of amides is 1. The molecule has 5 rings (SSSR count). The number of sulfonamides is 1. The van der Waals surface area contributed by atoms with Crippen molar-refractivity contribution in [3.8, 4) is 0 Å². The van der Waals surface area contributed by atoms with Gasteiger partial charge in [0.05, 0.1) is 16.3 Å². The molecule has 3 atom stereocenters. The smallest absolute Gasteiger partial charge is 0.347 e. The van der Waals surface area contributed by atoms with Crippen LogP contribution in [0.15, 0.2) is 48.3 Å². The van der Waals surface area contributed by atoms with Crippen LogP contribution in [0.1, 0.15) is 64.5 Å². The maximum Gasteiger partial charge on any atom is 0.347 e. The molecule has 0 aromatic carbocycles. The second-order valence-corrected chi connectivity index (χ2v) is 16.3. The third-order valence-corrected chi connectivity index (χ3v) is 10.8. The third-order valence-electron chi connectivity index (χ3n) is 9.71. The molecule has 1 unspecified atom stereocenters. The molecule has 1 N–H and O–H groups in total. The summed E-state index contributed by atoms with van der Waals surface area (Å²) in [6.45, 7) is 2.10. The van der Waals surface area contributed by atoms with E-state index in [2.05, 4.69) is 37.7 Å². The van der Waals surface area contributed by atoms with Crippen molar-refractivity contribution >= 4 is 50.8 Å². The summed E-state index contributed by atoms with van der Waals surface area (Å²) < 4.78 is 93.7. The zero-order valence-corrected chi connectivity index (χ0v) is 31.1. The van der Waals surface area contributed by atoms with Gasteiger partial charge in [0.1, 0.15) is 17.1 Å². The zero-order valence-electron chi connectivity index (χ0n) is 28.8. The standard InChI is InChI=1S/C34H41Cl2F4N5O5S/c1-19(2)26-8-6-12-44(26)28-24(35)14-22(17-41-28)33(23-15-25(36)29(42-18-23)45-13-7-9-27(45)20(3)4)11-10-21(30(46)43-51(5,47)48)16-34(33,49-31(37)38)50-32(39)40/h10-11,14-20,26-27,31-32H,6-9,12-13H2,1-5H3,(H,43,46)/t26-,27+,33?. The van der Waals surface area contributed by atoms with E-state index >= 15 is 0 Å². The van der Waals surface area contributed by atoms with Gasteiger partial charge in [0.25, 0.3) is 5.91 Å². The minimum atomic E-state index is -4.16. The Morgan fingerprint density at radius 3 is 1.71 bits per heavy atom. The second kappa shape index (κ2) is 15.2.